The Hall–Kier alpha value is -0.610. The van der Waals surface area contributed by atoms with Gasteiger partial charge in [0.15, 0.2) is 0 Å². The van der Waals surface area contributed by atoms with Crippen LogP contribution in [-0.2, 0) is 9.53 Å². The maximum Gasteiger partial charge on any atom is 0.323 e. The Morgan fingerprint density at radius 2 is 2.06 bits per heavy atom. The van der Waals surface area contributed by atoms with E-state index in [1.165, 1.54) is 19.3 Å². The van der Waals surface area contributed by atoms with Crippen LogP contribution < -0.4 is 5.73 Å². The van der Waals surface area contributed by atoms with Crippen molar-refractivity contribution in [2.75, 3.05) is 19.7 Å². The Balaban J connectivity index is 2.70. The molecule has 0 amide bonds. The molecule has 1 fully saturated rings. The van der Waals surface area contributed by atoms with Gasteiger partial charge in [0, 0.05) is 6.04 Å². The van der Waals surface area contributed by atoms with Gasteiger partial charge >= 0.3 is 5.97 Å². The summed E-state index contributed by atoms with van der Waals surface area (Å²) in [6.07, 6.45) is 4.85. The molecule has 106 valence electrons. The molecule has 18 heavy (non-hydrogen) atoms. The molecular weight excluding hydrogens is 228 g/mol. The molecule has 1 rings (SSSR count). The molecule has 3 unspecified atom stereocenters. The number of carbonyl (C=O) groups excluding carboxylic acids is 1. The SMILES string of the molecule is CCOC(=O)C(C)N(CC)C1CCCCC1CN. The molecule has 1 aliphatic carbocycles. The van der Waals surface area contributed by atoms with Crippen LogP contribution in [0, 0.1) is 5.92 Å². The molecule has 0 heterocycles. The van der Waals surface area contributed by atoms with E-state index in [9.17, 15) is 4.79 Å². The van der Waals surface area contributed by atoms with Crippen molar-refractivity contribution in [2.24, 2.45) is 11.7 Å². The van der Waals surface area contributed by atoms with Crippen LogP contribution in [0.4, 0.5) is 0 Å². The Labute approximate surface area is 111 Å². The summed E-state index contributed by atoms with van der Waals surface area (Å²) in [7, 11) is 0. The van der Waals surface area contributed by atoms with Gasteiger partial charge in [0.1, 0.15) is 6.04 Å². The summed E-state index contributed by atoms with van der Waals surface area (Å²) in [6.45, 7) is 7.95. The standard InChI is InChI=1S/C14H28N2O2/c1-4-16(11(3)14(17)18-5-2)13-9-7-6-8-12(13)10-15/h11-13H,4-10,15H2,1-3H3. The number of nitrogens with two attached hydrogens (primary N) is 1. The van der Waals surface area contributed by atoms with Crippen LogP contribution in [-0.4, -0.2) is 42.6 Å². The molecule has 3 atom stereocenters. The van der Waals surface area contributed by atoms with E-state index in [4.69, 9.17) is 10.5 Å². The zero-order chi connectivity index (χ0) is 13.5. The summed E-state index contributed by atoms with van der Waals surface area (Å²) in [5.41, 5.74) is 5.88. The maximum atomic E-state index is 11.9. The van der Waals surface area contributed by atoms with Gasteiger partial charge < -0.3 is 10.5 Å². The summed E-state index contributed by atoms with van der Waals surface area (Å²) in [4.78, 5) is 14.2. The summed E-state index contributed by atoms with van der Waals surface area (Å²) in [5.74, 6) is 0.413. The Morgan fingerprint density at radius 3 is 2.61 bits per heavy atom. The third-order valence-electron chi connectivity index (χ3n) is 4.09. The average Bonchev–Trinajstić information content (AvgIpc) is 2.40. The first-order valence-electron chi connectivity index (χ1n) is 7.28. The zero-order valence-corrected chi connectivity index (χ0v) is 12.0. The van der Waals surface area contributed by atoms with Crippen molar-refractivity contribution in [1.29, 1.82) is 0 Å². The number of hydrogen-bond donors (Lipinski definition) is 1. The molecule has 0 aromatic heterocycles. The lowest BCUT2D eigenvalue weighted by atomic mass is 9.83. The predicted molar refractivity (Wildman–Crippen MR) is 73.3 cm³/mol. The summed E-state index contributed by atoms with van der Waals surface area (Å²) in [5, 5.41) is 0. The lowest BCUT2D eigenvalue weighted by molar-refractivity contribution is -0.150. The number of hydrogen-bond acceptors (Lipinski definition) is 4. The van der Waals surface area contributed by atoms with E-state index < -0.39 is 0 Å². The van der Waals surface area contributed by atoms with Crippen LogP contribution in [0.1, 0.15) is 46.5 Å². The second-order valence-electron chi connectivity index (χ2n) is 5.11. The van der Waals surface area contributed by atoms with Gasteiger partial charge in [0.2, 0.25) is 0 Å². The van der Waals surface area contributed by atoms with Crippen molar-refractivity contribution in [1.82, 2.24) is 4.90 Å². The highest BCUT2D eigenvalue weighted by atomic mass is 16.5. The molecule has 1 aliphatic rings. The minimum atomic E-state index is -0.160. The van der Waals surface area contributed by atoms with Crippen molar-refractivity contribution in [3.05, 3.63) is 0 Å². The van der Waals surface area contributed by atoms with Gasteiger partial charge in [-0.25, -0.2) is 0 Å². The van der Waals surface area contributed by atoms with Crippen LogP contribution >= 0.6 is 0 Å². The number of carbonyl (C=O) groups is 1. The molecule has 0 bridgehead atoms. The maximum absolute atomic E-state index is 11.9. The number of rotatable bonds is 6. The van der Waals surface area contributed by atoms with Crippen LogP contribution in [0.2, 0.25) is 0 Å². The molecular formula is C14H28N2O2. The van der Waals surface area contributed by atoms with Crippen molar-refractivity contribution < 1.29 is 9.53 Å². The molecule has 0 aromatic rings. The van der Waals surface area contributed by atoms with Gasteiger partial charge in [-0.05, 0) is 45.7 Å². The first-order valence-corrected chi connectivity index (χ1v) is 7.28. The predicted octanol–water partition coefficient (Wildman–Crippen LogP) is 1.78. The van der Waals surface area contributed by atoms with Crippen LogP contribution in [0.3, 0.4) is 0 Å². The first-order chi connectivity index (χ1) is 8.65. The van der Waals surface area contributed by atoms with Gasteiger partial charge in [0.25, 0.3) is 0 Å². The molecule has 0 aliphatic heterocycles. The van der Waals surface area contributed by atoms with Gasteiger partial charge in [-0.15, -0.1) is 0 Å². The molecule has 4 nitrogen and oxygen atoms in total. The first kappa shape index (κ1) is 15.4. The van der Waals surface area contributed by atoms with Crippen molar-refractivity contribution in [2.45, 2.75) is 58.5 Å². The van der Waals surface area contributed by atoms with Gasteiger partial charge in [-0.2, -0.15) is 0 Å². The van der Waals surface area contributed by atoms with Crippen molar-refractivity contribution >= 4 is 5.97 Å². The van der Waals surface area contributed by atoms with E-state index in [0.717, 1.165) is 19.5 Å². The number of nitrogens with zero attached hydrogens (tertiary/aromatic N) is 1. The lowest BCUT2D eigenvalue weighted by Crippen LogP contribution is -2.51. The summed E-state index contributed by atoms with van der Waals surface area (Å²) < 4.78 is 5.13. The fourth-order valence-electron chi connectivity index (χ4n) is 3.09. The van der Waals surface area contributed by atoms with Gasteiger partial charge in [-0.1, -0.05) is 19.8 Å². The normalized spacial score (nSPS) is 26.1. The Kier molecular flexibility index (Phi) is 6.65. The quantitative estimate of drug-likeness (QED) is 0.736. The molecule has 0 radical (unpaired) electrons. The third-order valence-corrected chi connectivity index (χ3v) is 4.09. The third kappa shape index (κ3) is 3.69. The lowest BCUT2D eigenvalue weighted by Gasteiger charge is -2.41. The van der Waals surface area contributed by atoms with Crippen LogP contribution in [0.15, 0.2) is 0 Å². The zero-order valence-electron chi connectivity index (χ0n) is 12.0. The molecule has 2 N–H and O–H groups in total. The highest BCUT2D eigenvalue weighted by molar-refractivity contribution is 5.75. The smallest absolute Gasteiger partial charge is 0.323 e. The highest BCUT2D eigenvalue weighted by Crippen LogP contribution is 2.29. The second-order valence-corrected chi connectivity index (χ2v) is 5.11. The summed E-state index contributed by atoms with van der Waals surface area (Å²) in [6, 6.07) is 0.278. The minimum absolute atomic E-state index is 0.110. The fourth-order valence-corrected chi connectivity index (χ4v) is 3.09. The number of likely N-dealkylation sites (N-methyl/N-ethyl adjacent to an activating group) is 1. The molecule has 0 saturated heterocycles. The van der Waals surface area contributed by atoms with Gasteiger partial charge in [-0.3, -0.25) is 9.69 Å². The van der Waals surface area contributed by atoms with Crippen molar-refractivity contribution in [3.8, 4) is 0 Å². The second kappa shape index (κ2) is 7.74. The van der Waals surface area contributed by atoms with Crippen LogP contribution in [0.5, 0.6) is 0 Å². The fraction of sp³-hybridized carbons (Fsp3) is 0.929. The number of ether oxygens (including phenoxy) is 1. The Bertz CT molecular complexity index is 258. The molecule has 4 heteroatoms. The topological polar surface area (TPSA) is 55.6 Å². The minimum Gasteiger partial charge on any atom is -0.465 e. The van der Waals surface area contributed by atoms with Gasteiger partial charge in [0.05, 0.1) is 6.61 Å². The van der Waals surface area contributed by atoms with E-state index in [-0.39, 0.29) is 12.0 Å². The highest BCUT2D eigenvalue weighted by Gasteiger charge is 2.33. The van der Waals surface area contributed by atoms with E-state index in [1.54, 1.807) is 0 Å². The van der Waals surface area contributed by atoms with Crippen LogP contribution in [0.25, 0.3) is 0 Å². The number of esters is 1. The average molecular weight is 256 g/mol. The molecule has 1 saturated carbocycles. The van der Waals surface area contributed by atoms with E-state index in [2.05, 4.69) is 11.8 Å². The van der Waals surface area contributed by atoms with Crippen molar-refractivity contribution in [3.63, 3.8) is 0 Å². The van der Waals surface area contributed by atoms with E-state index >= 15 is 0 Å². The largest absolute Gasteiger partial charge is 0.465 e. The molecule has 0 spiro atoms. The summed E-state index contributed by atoms with van der Waals surface area (Å²) >= 11 is 0. The monoisotopic (exact) mass is 256 g/mol. The van der Waals surface area contributed by atoms with E-state index in [1.807, 2.05) is 13.8 Å². The Morgan fingerprint density at radius 1 is 1.39 bits per heavy atom. The molecule has 0 aromatic carbocycles. The van der Waals surface area contributed by atoms with E-state index in [0.29, 0.717) is 18.6 Å².